The van der Waals surface area contributed by atoms with Gasteiger partial charge in [0.15, 0.2) is 0 Å². The van der Waals surface area contributed by atoms with Crippen molar-refractivity contribution in [2.45, 2.75) is 76.9 Å². The van der Waals surface area contributed by atoms with E-state index in [0.717, 1.165) is 38.5 Å². The Bertz CT molecular complexity index is 491. The van der Waals surface area contributed by atoms with Crippen molar-refractivity contribution in [1.29, 1.82) is 0 Å². The number of hydrogen-bond donors (Lipinski definition) is 2. The zero-order valence-electron chi connectivity index (χ0n) is 15.4. The first-order chi connectivity index (χ1) is 12.0. The summed E-state index contributed by atoms with van der Waals surface area (Å²) in [7, 11) is 0. The molecule has 2 rings (SSSR count). The van der Waals surface area contributed by atoms with Crippen molar-refractivity contribution in [2.24, 2.45) is 0 Å². The Morgan fingerprint density at radius 1 is 1.20 bits per heavy atom. The van der Waals surface area contributed by atoms with Crippen LogP contribution in [0.5, 0.6) is 0 Å². The highest BCUT2D eigenvalue weighted by Gasteiger charge is 2.38. The third kappa shape index (κ3) is 5.17. The fraction of sp³-hybridized carbons (Fsp3) is 0.833. The second-order valence-electron chi connectivity index (χ2n) is 7.14. The van der Waals surface area contributed by atoms with Gasteiger partial charge in [-0.2, -0.15) is 0 Å². The van der Waals surface area contributed by atoms with Gasteiger partial charge in [0.1, 0.15) is 6.04 Å². The molecule has 7 heteroatoms. The van der Waals surface area contributed by atoms with E-state index in [1.54, 1.807) is 4.90 Å². The number of likely N-dealkylation sites (N-methyl/N-ethyl adjacent to an activating group) is 1. The molecule has 2 fully saturated rings. The van der Waals surface area contributed by atoms with Crippen molar-refractivity contribution in [3.63, 3.8) is 0 Å². The van der Waals surface area contributed by atoms with Gasteiger partial charge in [-0.15, -0.1) is 0 Å². The van der Waals surface area contributed by atoms with Gasteiger partial charge in [-0.3, -0.25) is 19.3 Å². The number of nitrogens with zero attached hydrogens (tertiary/aromatic N) is 2. The average molecular weight is 353 g/mol. The van der Waals surface area contributed by atoms with E-state index in [2.05, 4.69) is 5.32 Å². The Kier molecular flexibility index (Phi) is 7.23. The fourth-order valence-electron chi connectivity index (χ4n) is 3.83. The van der Waals surface area contributed by atoms with Crippen LogP contribution in [0.25, 0.3) is 0 Å². The highest BCUT2D eigenvalue weighted by atomic mass is 16.4. The first kappa shape index (κ1) is 19.7. The van der Waals surface area contributed by atoms with Gasteiger partial charge in [-0.05, 0) is 45.1 Å². The molecule has 2 amide bonds. The minimum Gasteiger partial charge on any atom is -0.480 e. The van der Waals surface area contributed by atoms with E-state index in [4.69, 9.17) is 5.11 Å². The topological polar surface area (TPSA) is 90.0 Å². The highest BCUT2D eigenvalue weighted by Crippen LogP contribution is 2.26. The Hall–Kier alpha value is -1.63. The predicted molar refractivity (Wildman–Crippen MR) is 94.1 cm³/mol. The first-order valence-corrected chi connectivity index (χ1v) is 9.51. The maximum absolute atomic E-state index is 12.6. The number of carbonyl (C=O) groups excluding carboxylic acids is 2. The molecule has 0 aromatic heterocycles. The van der Waals surface area contributed by atoms with Crippen LogP contribution in [0.15, 0.2) is 0 Å². The van der Waals surface area contributed by atoms with E-state index in [1.807, 2.05) is 18.7 Å². The van der Waals surface area contributed by atoms with E-state index in [9.17, 15) is 14.4 Å². The van der Waals surface area contributed by atoms with E-state index >= 15 is 0 Å². The molecule has 1 saturated heterocycles. The number of aliphatic carboxylic acids is 1. The van der Waals surface area contributed by atoms with E-state index in [-0.39, 0.29) is 36.5 Å². The lowest BCUT2D eigenvalue weighted by Gasteiger charge is -2.43. The predicted octanol–water partition coefficient (Wildman–Crippen LogP) is 1.22. The summed E-state index contributed by atoms with van der Waals surface area (Å²) in [5, 5.41) is 12.0. The molecule has 142 valence electrons. The summed E-state index contributed by atoms with van der Waals surface area (Å²) < 4.78 is 0. The maximum Gasteiger partial charge on any atom is 0.317 e. The van der Waals surface area contributed by atoms with Crippen molar-refractivity contribution in [2.75, 3.05) is 19.6 Å². The van der Waals surface area contributed by atoms with E-state index in [1.165, 1.54) is 0 Å². The summed E-state index contributed by atoms with van der Waals surface area (Å²) in [5.41, 5.74) is 0. The molecule has 1 unspecified atom stereocenters. The number of piperidine rings is 1. The highest BCUT2D eigenvalue weighted by molar-refractivity contribution is 5.88. The number of nitrogens with one attached hydrogen (secondary N) is 1. The van der Waals surface area contributed by atoms with Gasteiger partial charge in [-0.25, -0.2) is 0 Å². The minimum atomic E-state index is -0.818. The van der Waals surface area contributed by atoms with Crippen LogP contribution >= 0.6 is 0 Å². The van der Waals surface area contributed by atoms with Crippen LogP contribution < -0.4 is 5.32 Å². The van der Waals surface area contributed by atoms with Gasteiger partial charge in [0.25, 0.3) is 0 Å². The third-order valence-electron chi connectivity index (χ3n) is 5.31. The lowest BCUT2D eigenvalue weighted by molar-refractivity contribution is -0.143. The van der Waals surface area contributed by atoms with Gasteiger partial charge >= 0.3 is 5.97 Å². The number of carboxylic acid groups (broad SMARTS) is 1. The summed E-state index contributed by atoms with van der Waals surface area (Å²) in [5.74, 6) is -0.789. The zero-order valence-corrected chi connectivity index (χ0v) is 15.4. The number of amides is 2. The van der Waals surface area contributed by atoms with Gasteiger partial charge in [0.2, 0.25) is 11.8 Å². The molecule has 0 bridgehead atoms. The molecule has 1 aliphatic heterocycles. The lowest BCUT2D eigenvalue weighted by Crippen LogP contribution is -2.59. The standard InChI is InChI=1S/C18H31N3O4/c1-3-7-16(22)21-9-6-5-8-15(21)18(25)19-13-10-14(11-13)20(4-2)12-17(23)24/h13-15H,3-12H2,1-2H3,(H,19,25)(H,23,24). The smallest absolute Gasteiger partial charge is 0.317 e. The summed E-state index contributed by atoms with van der Waals surface area (Å²) >= 11 is 0. The van der Waals surface area contributed by atoms with Gasteiger partial charge in [0, 0.05) is 25.0 Å². The summed E-state index contributed by atoms with van der Waals surface area (Å²) in [6.45, 7) is 5.34. The molecule has 0 aromatic carbocycles. The van der Waals surface area contributed by atoms with Gasteiger partial charge < -0.3 is 15.3 Å². The Morgan fingerprint density at radius 3 is 2.52 bits per heavy atom. The number of hydrogen-bond acceptors (Lipinski definition) is 4. The molecule has 1 atom stereocenters. The first-order valence-electron chi connectivity index (χ1n) is 9.51. The van der Waals surface area contributed by atoms with Crippen molar-refractivity contribution < 1.29 is 19.5 Å². The summed E-state index contributed by atoms with van der Waals surface area (Å²) in [6.07, 6.45) is 5.53. The Morgan fingerprint density at radius 2 is 1.92 bits per heavy atom. The molecule has 2 aliphatic rings. The molecule has 0 spiro atoms. The average Bonchev–Trinajstić information content (AvgIpc) is 2.55. The van der Waals surface area contributed by atoms with E-state index in [0.29, 0.717) is 19.5 Å². The second-order valence-corrected chi connectivity index (χ2v) is 7.14. The molecule has 0 aromatic rings. The molecule has 2 N–H and O–H groups in total. The van der Waals surface area contributed by atoms with Crippen LogP contribution in [-0.4, -0.2) is 70.4 Å². The minimum absolute atomic E-state index is 0.0454. The van der Waals surface area contributed by atoms with Crippen LogP contribution in [-0.2, 0) is 14.4 Å². The van der Waals surface area contributed by atoms with Crippen molar-refractivity contribution in [3.8, 4) is 0 Å². The Balaban J connectivity index is 1.83. The van der Waals surface area contributed by atoms with Crippen LogP contribution in [0.2, 0.25) is 0 Å². The van der Waals surface area contributed by atoms with Crippen molar-refractivity contribution >= 4 is 17.8 Å². The molecular formula is C18H31N3O4. The van der Waals surface area contributed by atoms with Crippen LogP contribution in [0.1, 0.15) is 58.8 Å². The number of carbonyl (C=O) groups is 3. The maximum atomic E-state index is 12.6. The van der Waals surface area contributed by atoms with Crippen LogP contribution in [0.3, 0.4) is 0 Å². The normalized spacial score (nSPS) is 26.2. The summed E-state index contributed by atoms with van der Waals surface area (Å²) in [4.78, 5) is 39.4. The van der Waals surface area contributed by atoms with Gasteiger partial charge in [-0.1, -0.05) is 13.8 Å². The zero-order chi connectivity index (χ0) is 18.4. The molecular weight excluding hydrogens is 322 g/mol. The molecule has 1 heterocycles. The third-order valence-corrected chi connectivity index (χ3v) is 5.31. The number of carboxylic acids is 1. The molecule has 1 saturated carbocycles. The Labute approximate surface area is 149 Å². The molecule has 1 aliphatic carbocycles. The van der Waals surface area contributed by atoms with Crippen molar-refractivity contribution in [1.82, 2.24) is 15.1 Å². The molecule has 0 radical (unpaired) electrons. The SMILES string of the molecule is CCCC(=O)N1CCCCC1C(=O)NC1CC(N(CC)CC(=O)O)C1. The monoisotopic (exact) mass is 353 g/mol. The van der Waals surface area contributed by atoms with E-state index < -0.39 is 5.97 Å². The fourth-order valence-corrected chi connectivity index (χ4v) is 3.83. The largest absolute Gasteiger partial charge is 0.480 e. The molecule has 7 nitrogen and oxygen atoms in total. The van der Waals surface area contributed by atoms with Crippen LogP contribution in [0.4, 0.5) is 0 Å². The number of likely N-dealkylation sites (tertiary alicyclic amines) is 1. The van der Waals surface area contributed by atoms with Crippen LogP contribution in [0, 0.1) is 0 Å². The quantitative estimate of drug-likeness (QED) is 0.685. The lowest BCUT2D eigenvalue weighted by atomic mass is 9.85. The molecule has 25 heavy (non-hydrogen) atoms. The number of rotatable bonds is 8. The van der Waals surface area contributed by atoms with Gasteiger partial charge in [0.05, 0.1) is 6.54 Å². The second kappa shape index (κ2) is 9.17. The summed E-state index contributed by atoms with van der Waals surface area (Å²) in [6, 6.07) is -0.0332. The van der Waals surface area contributed by atoms with Crippen molar-refractivity contribution in [3.05, 3.63) is 0 Å².